The highest BCUT2D eigenvalue weighted by Gasteiger charge is 2.40. The molecule has 0 saturated carbocycles. The van der Waals surface area contributed by atoms with Gasteiger partial charge in [0.05, 0.1) is 11.2 Å². The first-order valence-electron chi connectivity index (χ1n) is 5.66. The van der Waals surface area contributed by atoms with Gasteiger partial charge in [0.2, 0.25) is 0 Å². The van der Waals surface area contributed by atoms with Gasteiger partial charge in [-0.2, -0.15) is 4.31 Å². The summed E-state index contributed by atoms with van der Waals surface area (Å²) in [6.45, 7) is 2.16. The number of sulfonamides is 1. The van der Waals surface area contributed by atoms with Crippen LogP contribution in [0.25, 0.3) is 0 Å². The molecule has 1 aliphatic heterocycles. The summed E-state index contributed by atoms with van der Waals surface area (Å²) in [5.74, 6) is -1.09. The van der Waals surface area contributed by atoms with E-state index in [1.807, 2.05) is 6.92 Å². The number of carboxylic acids is 1. The van der Waals surface area contributed by atoms with Gasteiger partial charge in [-0.1, -0.05) is 6.92 Å². The van der Waals surface area contributed by atoms with E-state index in [0.717, 1.165) is 20.6 Å². The van der Waals surface area contributed by atoms with Crippen molar-refractivity contribution in [1.29, 1.82) is 0 Å². The largest absolute Gasteiger partial charge is 0.480 e. The van der Waals surface area contributed by atoms with Crippen molar-refractivity contribution in [1.82, 2.24) is 9.29 Å². The normalized spacial score (nSPS) is 21.3. The molecule has 8 heteroatoms. The van der Waals surface area contributed by atoms with E-state index in [4.69, 9.17) is 5.11 Å². The Morgan fingerprint density at radius 2 is 2.39 bits per heavy atom. The summed E-state index contributed by atoms with van der Waals surface area (Å²) in [5.41, 5.74) is 0. The van der Waals surface area contributed by atoms with Crippen LogP contribution in [0.4, 0.5) is 0 Å². The van der Waals surface area contributed by atoms with E-state index >= 15 is 0 Å². The van der Waals surface area contributed by atoms with Crippen molar-refractivity contribution in [2.24, 2.45) is 0 Å². The fourth-order valence-electron chi connectivity index (χ4n) is 1.97. The van der Waals surface area contributed by atoms with E-state index in [9.17, 15) is 13.2 Å². The molecule has 2 rings (SSSR count). The van der Waals surface area contributed by atoms with Gasteiger partial charge in [-0.15, -0.1) is 11.3 Å². The van der Waals surface area contributed by atoms with Gasteiger partial charge in [0.1, 0.15) is 6.04 Å². The van der Waals surface area contributed by atoms with Crippen molar-refractivity contribution < 1.29 is 18.3 Å². The van der Waals surface area contributed by atoms with Crippen molar-refractivity contribution >= 4 is 27.3 Å². The number of carboxylic acid groups (broad SMARTS) is 1. The first-order valence-corrected chi connectivity index (χ1v) is 7.92. The predicted octanol–water partition coefficient (Wildman–Crippen LogP) is 0.943. The zero-order chi connectivity index (χ0) is 13.3. The molecule has 1 aliphatic rings. The maximum Gasteiger partial charge on any atom is 0.322 e. The van der Waals surface area contributed by atoms with Crippen molar-refractivity contribution in [3.63, 3.8) is 0 Å². The highest BCUT2D eigenvalue weighted by atomic mass is 32.2. The van der Waals surface area contributed by atoms with Gasteiger partial charge in [-0.25, -0.2) is 13.4 Å². The van der Waals surface area contributed by atoms with Crippen LogP contribution in [-0.4, -0.2) is 41.4 Å². The van der Waals surface area contributed by atoms with Gasteiger partial charge in [0.25, 0.3) is 10.0 Å². The van der Waals surface area contributed by atoms with Crippen molar-refractivity contribution in [3.05, 3.63) is 11.2 Å². The monoisotopic (exact) mass is 290 g/mol. The summed E-state index contributed by atoms with van der Waals surface area (Å²) in [6.07, 6.45) is 2.93. The quantitative estimate of drug-likeness (QED) is 0.891. The van der Waals surface area contributed by atoms with Gasteiger partial charge < -0.3 is 5.11 Å². The number of nitrogens with zero attached hydrogens (tertiary/aromatic N) is 2. The third-order valence-electron chi connectivity index (χ3n) is 2.89. The molecule has 1 fully saturated rings. The Bertz CT molecular complexity index is 552. The fraction of sp³-hybridized carbons (Fsp3) is 0.600. The molecule has 1 aromatic heterocycles. The molecular formula is C10H14N2O4S2. The van der Waals surface area contributed by atoms with Crippen LogP contribution in [-0.2, 0) is 21.2 Å². The standard InChI is InChI=1S/C10H14N2O4S2/c1-2-8-11-6-9(17-8)18(15,16)12-5-3-4-7(12)10(13)14/h6-7H,2-5H2,1H3,(H,13,14)/t7-/m0/s1. The van der Waals surface area contributed by atoms with Gasteiger partial charge in [-0.3, -0.25) is 4.79 Å². The first kappa shape index (κ1) is 13.4. The number of carbonyl (C=O) groups is 1. The number of rotatable bonds is 4. The zero-order valence-corrected chi connectivity index (χ0v) is 11.5. The highest BCUT2D eigenvalue weighted by Crippen LogP contribution is 2.29. The number of aryl methyl sites for hydroxylation is 1. The lowest BCUT2D eigenvalue weighted by Gasteiger charge is -2.19. The van der Waals surface area contributed by atoms with Gasteiger partial charge in [0, 0.05) is 6.54 Å². The van der Waals surface area contributed by atoms with Gasteiger partial charge in [0.15, 0.2) is 4.21 Å². The lowest BCUT2D eigenvalue weighted by molar-refractivity contribution is -0.140. The van der Waals surface area contributed by atoms with E-state index in [-0.39, 0.29) is 10.8 Å². The first-order chi connectivity index (χ1) is 8.46. The molecule has 1 atom stereocenters. The smallest absolute Gasteiger partial charge is 0.322 e. The maximum absolute atomic E-state index is 12.3. The summed E-state index contributed by atoms with van der Waals surface area (Å²) in [7, 11) is -3.71. The molecule has 0 spiro atoms. The topological polar surface area (TPSA) is 87.6 Å². The summed E-state index contributed by atoms with van der Waals surface area (Å²) in [6, 6.07) is -0.942. The summed E-state index contributed by atoms with van der Waals surface area (Å²) in [5, 5.41) is 9.76. The Morgan fingerprint density at radius 3 is 2.94 bits per heavy atom. The number of hydrogen-bond donors (Lipinski definition) is 1. The third-order valence-corrected chi connectivity index (χ3v) is 6.37. The van der Waals surface area contributed by atoms with E-state index in [1.165, 1.54) is 6.20 Å². The van der Waals surface area contributed by atoms with Crippen LogP contribution >= 0.6 is 11.3 Å². The zero-order valence-electron chi connectivity index (χ0n) is 9.87. The van der Waals surface area contributed by atoms with Crippen molar-refractivity contribution in [2.45, 2.75) is 36.4 Å². The fourth-order valence-corrected chi connectivity index (χ4v) is 4.87. The molecule has 2 heterocycles. The van der Waals surface area contributed by atoms with E-state index in [0.29, 0.717) is 19.3 Å². The molecule has 18 heavy (non-hydrogen) atoms. The third kappa shape index (κ3) is 2.27. The van der Waals surface area contributed by atoms with Crippen molar-refractivity contribution in [3.8, 4) is 0 Å². The van der Waals surface area contributed by atoms with Crippen LogP contribution in [0, 0.1) is 0 Å². The number of aromatic nitrogens is 1. The molecule has 1 N–H and O–H groups in total. The van der Waals surface area contributed by atoms with Gasteiger partial charge >= 0.3 is 5.97 Å². The van der Waals surface area contributed by atoms with Crippen LogP contribution in [0.2, 0.25) is 0 Å². The average Bonchev–Trinajstić information content (AvgIpc) is 2.98. The van der Waals surface area contributed by atoms with Gasteiger partial charge in [-0.05, 0) is 19.3 Å². The van der Waals surface area contributed by atoms with Crippen LogP contribution in [0.3, 0.4) is 0 Å². The summed E-state index contributed by atoms with van der Waals surface area (Å²) >= 11 is 1.11. The Kier molecular flexibility index (Phi) is 3.69. The Labute approximate surface area is 109 Å². The molecule has 0 amide bonds. The molecular weight excluding hydrogens is 276 g/mol. The molecule has 0 bridgehead atoms. The lowest BCUT2D eigenvalue weighted by atomic mass is 10.2. The second-order valence-electron chi connectivity index (χ2n) is 4.04. The maximum atomic E-state index is 12.3. The average molecular weight is 290 g/mol. The van der Waals surface area contributed by atoms with Crippen LogP contribution in [0.15, 0.2) is 10.4 Å². The molecule has 6 nitrogen and oxygen atoms in total. The van der Waals surface area contributed by atoms with E-state index in [1.54, 1.807) is 0 Å². The summed E-state index contributed by atoms with van der Waals surface area (Å²) < 4.78 is 25.8. The minimum absolute atomic E-state index is 0.132. The molecule has 0 unspecified atom stereocenters. The molecule has 0 aliphatic carbocycles. The lowest BCUT2D eigenvalue weighted by Crippen LogP contribution is -2.40. The molecule has 1 saturated heterocycles. The minimum atomic E-state index is -3.71. The predicted molar refractivity (Wildman–Crippen MR) is 66.0 cm³/mol. The Hall–Kier alpha value is -0.990. The summed E-state index contributed by atoms with van der Waals surface area (Å²) in [4.78, 5) is 15.0. The SMILES string of the molecule is CCc1ncc(S(=O)(=O)N2CCC[C@H]2C(=O)O)s1. The number of aliphatic carboxylic acids is 1. The molecule has 0 radical (unpaired) electrons. The van der Waals surface area contributed by atoms with E-state index in [2.05, 4.69) is 4.98 Å². The molecule has 0 aromatic carbocycles. The molecule has 100 valence electrons. The second kappa shape index (κ2) is 4.94. The van der Waals surface area contributed by atoms with E-state index < -0.39 is 22.0 Å². The van der Waals surface area contributed by atoms with Crippen molar-refractivity contribution in [2.75, 3.05) is 6.54 Å². The Morgan fingerprint density at radius 1 is 1.67 bits per heavy atom. The second-order valence-corrected chi connectivity index (χ2v) is 7.27. The van der Waals surface area contributed by atoms with Crippen LogP contribution in [0.1, 0.15) is 24.8 Å². The van der Waals surface area contributed by atoms with Crippen LogP contribution in [0.5, 0.6) is 0 Å². The highest BCUT2D eigenvalue weighted by molar-refractivity contribution is 7.91. The minimum Gasteiger partial charge on any atom is -0.480 e. The number of hydrogen-bond acceptors (Lipinski definition) is 5. The Balaban J connectivity index is 2.33. The molecule has 1 aromatic rings. The number of thiazole rings is 1. The van der Waals surface area contributed by atoms with Crippen LogP contribution < -0.4 is 0 Å².